The first-order chi connectivity index (χ1) is 8.99. The van der Waals surface area contributed by atoms with Crippen LogP contribution in [0.4, 0.5) is 0 Å². The second kappa shape index (κ2) is 7.83. The van der Waals surface area contributed by atoms with Crippen molar-refractivity contribution in [3.63, 3.8) is 0 Å². The summed E-state index contributed by atoms with van der Waals surface area (Å²) in [6, 6.07) is 10.4. The maximum atomic E-state index is 9.63. The van der Waals surface area contributed by atoms with E-state index in [-0.39, 0.29) is 18.1 Å². The summed E-state index contributed by atoms with van der Waals surface area (Å²) in [4.78, 5) is 1.89. The van der Waals surface area contributed by atoms with Crippen LogP contribution in [0.25, 0.3) is 0 Å². The average molecular weight is 326 g/mol. The summed E-state index contributed by atoms with van der Waals surface area (Å²) >= 11 is 3.32. The number of hydrogen-bond donors (Lipinski definition) is 2. The normalized spacial score (nSPS) is 15.6. The van der Waals surface area contributed by atoms with Crippen LogP contribution in [0.5, 0.6) is 0 Å². The van der Waals surface area contributed by atoms with E-state index in [1.165, 1.54) is 0 Å². The average Bonchev–Trinajstić information content (AvgIpc) is 2.38. The Labute approximate surface area is 125 Å². The highest BCUT2D eigenvalue weighted by Crippen LogP contribution is 2.25. The first kappa shape index (κ1) is 16.4. The molecule has 0 saturated heterocycles. The van der Waals surface area contributed by atoms with Crippen molar-refractivity contribution in [3.05, 3.63) is 47.0 Å². The van der Waals surface area contributed by atoms with Crippen LogP contribution < -0.4 is 5.32 Å². The lowest BCUT2D eigenvalue weighted by atomic mass is 9.84. The lowest BCUT2D eigenvalue weighted by molar-refractivity contribution is 0.190. The van der Waals surface area contributed by atoms with Gasteiger partial charge in [-0.2, -0.15) is 0 Å². The maximum Gasteiger partial charge on any atom is 0.0626 e. The Morgan fingerprint density at radius 2 is 1.89 bits per heavy atom. The number of nitrogens with one attached hydrogen (secondary N) is 1. The summed E-state index contributed by atoms with van der Waals surface area (Å²) in [5, 5.41) is 13.2. The van der Waals surface area contributed by atoms with Gasteiger partial charge in [0.05, 0.1) is 12.6 Å². The van der Waals surface area contributed by atoms with Crippen molar-refractivity contribution in [2.24, 2.45) is 5.41 Å². The van der Waals surface area contributed by atoms with Crippen LogP contribution in [0.2, 0.25) is 0 Å². The summed E-state index contributed by atoms with van der Waals surface area (Å²) in [5.74, 6) is 0. The van der Waals surface area contributed by atoms with E-state index in [4.69, 9.17) is 0 Å². The van der Waals surface area contributed by atoms with Crippen LogP contribution in [0, 0.1) is 5.41 Å². The molecule has 0 unspecified atom stereocenters. The zero-order chi connectivity index (χ0) is 14.3. The molecule has 1 rings (SSSR count). The predicted molar refractivity (Wildman–Crippen MR) is 85.3 cm³/mol. The molecular formula is C16H24BrNO. The standard InChI is InChI=1S/C16H24BrNO/c1-16(2,3)15(10-7-11-17)18-14(12-19)13-8-5-4-6-9-13/h4-9,11,14-15,18-19H,10,12H2,1-3H3/b11-7-/t14-,15+/m0/s1. The van der Waals surface area contributed by atoms with E-state index in [0.29, 0.717) is 6.04 Å². The van der Waals surface area contributed by atoms with Crippen LogP contribution >= 0.6 is 15.9 Å². The van der Waals surface area contributed by atoms with Gasteiger partial charge < -0.3 is 10.4 Å². The molecule has 2 nitrogen and oxygen atoms in total. The van der Waals surface area contributed by atoms with Crippen molar-refractivity contribution in [1.29, 1.82) is 0 Å². The third-order valence-electron chi connectivity index (χ3n) is 3.29. The van der Waals surface area contributed by atoms with Crippen LogP contribution in [-0.2, 0) is 0 Å². The second-order valence-corrected chi connectivity index (χ2v) is 6.36. The molecule has 0 amide bonds. The topological polar surface area (TPSA) is 32.3 Å². The third-order valence-corrected chi connectivity index (χ3v) is 3.67. The molecule has 0 aliphatic rings. The highest BCUT2D eigenvalue weighted by atomic mass is 79.9. The van der Waals surface area contributed by atoms with E-state index in [0.717, 1.165) is 12.0 Å². The summed E-state index contributed by atoms with van der Waals surface area (Å²) in [6.07, 6.45) is 3.03. The van der Waals surface area contributed by atoms with Crippen LogP contribution in [-0.4, -0.2) is 17.8 Å². The molecule has 1 aromatic carbocycles. The Hall–Kier alpha value is -0.640. The minimum Gasteiger partial charge on any atom is -0.394 e. The molecular weight excluding hydrogens is 302 g/mol. The van der Waals surface area contributed by atoms with Gasteiger partial charge >= 0.3 is 0 Å². The fourth-order valence-corrected chi connectivity index (χ4v) is 2.26. The Morgan fingerprint density at radius 3 is 2.37 bits per heavy atom. The Balaban J connectivity index is 2.81. The summed E-state index contributed by atoms with van der Waals surface area (Å²) < 4.78 is 0. The Kier molecular flexibility index (Phi) is 6.76. The van der Waals surface area contributed by atoms with Crippen molar-refractivity contribution in [2.75, 3.05) is 6.61 Å². The molecule has 106 valence electrons. The molecule has 2 N–H and O–H groups in total. The minimum absolute atomic E-state index is 0.0193. The highest BCUT2D eigenvalue weighted by molar-refractivity contribution is 9.11. The van der Waals surface area contributed by atoms with Gasteiger partial charge in [-0.3, -0.25) is 0 Å². The summed E-state index contributed by atoms with van der Waals surface area (Å²) in [7, 11) is 0. The summed E-state index contributed by atoms with van der Waals surface area (Å²) in [5.41, 5.74) is 1.26. The van der Waals surface area contributed by atoms with Crippen LogP contribution in [0.1, 0.15) is 38.8 Å². The SMILES string of the molecule is CC(C)(C)[C@@H](C/C=C\Br)N[C@@H](CO)c1ccccc1. The zero-order valence-electron chi connectivity index (χ0n) is 11.9. The second-order valence-electron chi connectivity index (χ2n) is 5.83. The van der Waals surface area contributed by atoms with Gasteiger partial charge in [0, 0.05) is 6.04 Å². The van der Waals surface area contributed by atoms with E-state index >= 15 is 0 Å². The Morgan fingerprint density at radius 1 is 1.26 bits per heavy atom. The van der Waals surface area contributed by atoms with Crippen molar-refractivity contribution in [3.8, 4) is 0 Å². The van der Waals surface area contributed by atoms with E-state index in [9.17, 15) is 5.11 Å². The van der Waals surface area contributed by atoms with Gasteiger partial charge in [0.1, 0.15) is 0 Å². The van der Waals surface area contributed by atoms with Crippen LogP contribution in [0.3, 0.4) is 0 Å². The van der Waals surface area contributed by atoms with Crippen molar-refractivity contribution >= 4 is 15.9 Å². The van der Waals surface area contributed by atoms with Gasteiger partial charge in [-0.15, -0.1) is 0 Å². The number of aliphatic hydroxyl groups is 1. The monoisotopic (exact) mass is 325 g/mol. The smallest absolute Gasteiger partial charge is 0.0626 e. The van der Waals surface area contributed by atoms with Gasteiger partial charge in [-0.1, -0.05) is 73.1 Å². The summed E-state index contributed by atoms with van der Waals surface area (Å²) in [6.45, 7) is 6.75. The molecule has 0 aromatic heterocycles. The number of halogens is 1. The molecule has 0 aliphatic carbocycles. The lowest BCUT2D eigenvalue weighted by Gasteiger charge is -2.34. The number of benzene rings is 1. The first-order valence-corrected chi connectivity index (χ1v) is 7.57. The van der Waals surface area contributed by atoms with E-state index < -0.39 is 0 Å². The highest BCUT2D eigenvalue weighted by Gasteiger charge is 2.26. The zero-order valence-corrected chi connectivity index (χ0v) is 13.5. The number of rotatable bonds is 6. The van der Waals surface area contributed by atoms with E-state index in [1.54, 1.807) is 0 Å². The molecule has 0 heterocycles. The molecule has 3 heteroatoms. The van der Waals surface area contributed by atoms with Gasteiger partial charge in [0.15, 0.2) is 0 Å². The third kappa shape index (κ3) is 5.47. The molecule has 0 saturated carbocycles. The van der Waals surface area contributed by atoms with Crippen molar-refractivity contribution in [1.82, 2.24) is 5.32 Å². The molecule has 0 bridgehead atoms. The number of hydrogen-bond acceptors (Lipinski definition) is 2. The predicted octanol–water partition coefficient (Wildman–Crippen LogP) is 4.02. The first-order valence-electron chi connectivity index (χ1n) is 6.66. The molecule has 0 radical (unpaired) electrons. The molecule has 19 heavy (non-hydrogen) atoms. The molecule has 0 fully saturated rings. The lowest BCUT2D eigenvalue weighted by Crippen LogP contribution is -2.43. The maximum absolute atomic E-state index is 9.63. The minimum atomic E-state index is -0.0193. The van der Waals surface area contributed by atoms with Crippen LogP contribution in [0.15, 0.2) is 41.4 Å². The van der Waals surface area contributed by atoms with Crippen molar-refractivity contribution < 1.29 is 5.11 Å². The molecule has 0 aliphatic heterocycles. The van der Waals surface area contributed by atoms with Crippen molar-refractivity contribution in [2.45, 2.75) is 39.3 Å². The quantitative estimate of drug-likeness (QED) is 0.827. The molecule has 1 aromatic rings. The van der Waals surface area contributed by atoms with Gasteiger partial charge in [0.25, 0.3) is 0 Å². The van der Waals surface area contributed by atoms with Gasteiger partial charge in [-0.05, 0) is 22.4 Å². The fourth-order valence-electron chi connectivity index (χ4n) is 2.04. The van der Waals surface area contributed by atoms with E-state index in [2.05, 4.69) is 48.1 Å². The largest absolute Gasteiger partial charge is 0.394 e. The molecule has 0 spiro atoms. The fraction of sp³-hybridized carbons (Fsp3) is 0.500. The van der Waals surface area contributed by atoms with Gasteiger partial charge in [0.2, 0.25) is 0 Å². The molecule has 2 atom stereocenters. The Bertz CT molecular complexity index is 383. The number of aliphatic hydroxyl groups excluding tert-OH is 1. The van der Waals surface area contributed by atoms with E-state index in [1.807, 2.05) is 35.3 Å². The van der Waals surface area contributed by atoms with Gasteiger partial charge in [-0.25, -0.2) is 0 Å².